The van der Waals surface area contributed by atoms with Gasteiger partial charge in [-0.2, -0.15) is 0 Å². The van der Waals surface area contributed by atoms with Gasteiger partial charge < -0.3 is 19.9 Å². The van der Waals surface area contributed by atoms with Crippen molar-refractivity contribution in [1.82, 2.24) is 25.4 Å². The van der Waals surface area contributed by atoms with Gasteiger partial charge in [-0.1, -0.05) is 67.6 Å². The molecule has 0 atom stereocenters. The third kappa shape index (κ3) is 8.77. The lowest BCUT2D eigenvalue weighted by Gasteiger charge is -2.18. The van der Waals surface area contributed by atoms with Gasteiger partial charge in [0.25, 0.3) is 0 Å². The predicted molar refractivity (Wildman–Crippen MR) is 144 cm³/mol. The Morgan fingerprint density at radius 2 is 1.64 bits per heavy atom. The zero-order valence-corrected chi connectivity index (χ0v) is 21.8. The number of aliphatic imine (C=N–C) groups is 1. The summed E-state index contributed by atoms with van der Waals surface area (Å²) in [4.78, 5) is 4.95. The molecule has 1 aromatic heterocycles. The van der Waals surface area contributed by atoms with Gasteiger partial charge in [-0.15, -0.1) is 34.2 Å². The number of nitrogens with zero attached hydrogens (tertiary/aromatic N) is 4. The Bertz CT molecular complexity index is 893. The fourth-order valence-electron chi connectivity index (χ4n) is 3.59. The SMILES string of the molecule is CCc1nncn1CCNC(=NCC(c1ccccc1)c1ccccc1)NCCCOC.I. The van der Waals surface area contributed by atoms with Gasteiger partial charge in [-0.05, 0) is 17.5 Å². The molecule has 178 valence electrons. The van der Waals surface area contributed by atoms with E-state index < -0.39 is 0 Å². The number of hydrogen-bond donors (Lipinski definition) is 2. The second-order valence-electron chi connectivity index (χ2n) is 7.56. The molecule has 0 aliphatic heterocycles. The molecule has 0 amide bonds. The zero-order valence-electron chi connectivity index (χ0n) is 19.5. The minimum atomic E-state index is 0. The second-order valence-corrected chi connectivity index (χ2v) is 7.56. The van der Waals surface area contributed by atoms with E-state index in [2.05, 4.69) is 93.0 Å². The summed E-state index contributed by atoms with van der Waals surface area (Å²) in [6.07, 6.45) is 3.57. The highest BCUT2D eigenvalue weighted by Gasteiger charge is 2.14. The van der Waals surface area contributed by atoms with Gasteiger partial charge in [-0.3, -0.25) is 4.99 Å². The highest BCUT2D eigenvalue weighted by atomic mass is 127. The van der Waals surface area contributed by atoms with E-state index in [0.717, 1.165) is 50.9 Å². The first-order chi connectivity index (χ1) is 15.8. The van der Waals surface area contributed by atoms with Gasteiger partial charge in [-0.25, -0.2) is 0 Å². The van der Waals surface area contributed by atoms with E-state index >= 15 is 0 Å². The van der Waals surface area contributed by atoms with Crippen molar-refractivity contribution in [3.8, 4) is 0 Å². The zero-order chi connectivity index (χ0) is 22.4. The van der Waals surface area contributed by atoms with E-state index in [1.165, 1.54) is 11.1 Å². The molecule has 7 nitrogen and oxygen atoms in total. The maximum absolute atomic E-state index is 5.18. The largest absolute Gasteiger partial charge is 0.385 e. The van der Waals surface area contributed by atoms with Crippen LogP contribution < -0.4 is 10.6 Å². The molecule has 2 N–H and O–H groups in total. The van der Waals surface area contributed by atoms with Gasteiger partial charge in [0.15, 0.2) is 5.96 Å². The molecule has 33 heavy (non-hydrogen) atoms. The van der Waals surface area contributed by atoms with Crippen LogP contribution in [-0.2, 0) is 17.7 Å². The van der Waals surface area contributed by atoms with E-state index in [4.69, 9.17) is 9.73 Å². The summed E-state index contributed by atoms with van der Waals surface area (Å²) < 4.78 is 7.25. The molecular formula is C25H35IN6O. The number of halogens is 1. The van der Waals surface area contributed by atoms with Gasteiger partial charge in [0.05, 0.1) is 6.54 Å². The second kappa shape index (κ2) is 15.4. The molecule has 1 heterocycles. The molecule has 0 bridgehead atoms. The highest BCUT2D eigenvalue weighted by molar-refractivity contribution is 14.0. The standard InChI is InChI=1S/C25H34N6O.HI/c1-3-24-30-29-20-31(24)17-16-27-25(26-15-10-18-32-2)28-19-23(21-11-6-4-7-12-21)22-13-8-5-9-14-22;/h4-9,11-14,20,23H,3,10,15-19H2,1-2H3,(H2,26,27,28);1H. The Morgan fingerprint density at radius 3 is 2.24 bits per heavy atom. The molecule has 3 rings (SSSR count). The van der Waals surface area contributed by atoms with E-state index in [9.17, 15) is 0 Å². The van der Waals surface area contributed by atoms with Crippen LogP contribution in [0.25, 0.3) is 0 Å². The van der Waals surface area contributed by atoms with Gasteiger partial charge in [0, 0.05) is 45.7 Å². The van der Waals surface area contributed by atoms with Crippen molar-refractivity contribution in [3.63, 3.8) is 0 Å². The summed E-state index contributed by atoms with van der Waals surface area (Å²) in [7, 11) is 1.72. The van der Waals surface area contributed by atoms with Crippen molar-refractivity contribution < 1.29 is 4.74 Å². The van der Waals surface area contributed by atoms with E-state index in [0.29, 0.717) is 6.54 Å². The average molecular weight is 563 g/mol. The van der Waals surface area contributed by atoms with Gasteiger partial charge >= 0.3 is 0 Å². The van der Waals surface area contributed by atoms with Crippen molar-refractivity contribution in [2.24, 2.45) is 4.99 Å². The van der Waals surface area contributed by atoms with E-state index in [-0.39, 0.29) is 29.9 Å². The number of benzene rings is 2. The van der Waals surface area contributed by atoms with Crippen molar-refractivity contribution in [2.45, 2.75) is 32.2 Å². The number of methoxy groups -OCH3 is 1. The van der Waals surface area contributed by atoms with Crippen molar-refractivity contribution in [1.29, 1.82) is 0 Å². The van der Waals surface area contributed by atoms with E-state index in [1.807, 2.05) is 0 Å². The van der Waals surface area contributed by atoms with Crippen LogP contribution in [0.15, 0.2) is 72.0 Å². The third-order valence-corrected chi connectivity index (χ3v) is 5.31. The molecule has 0 radical (unpaired) electrons. The molecule has 0 saturated heterocycles. The minimum Gasteiger partial charge on any atom is -0.385 e. The molecule has 0 aliphatic rings. The number of rotatable bonds is 12. The lowest BCUT2D eigenvalue weighted by Crippen LogP contribution is -2.40. The lowest BCUT2D eigenvalue weighted by atomic mass is 9.91. The number of aryl methyl sites for hydroxylation is 1. The fourth-order valence-corrected chi connectivity index (χ4v) is 3.59. The summed E-state index contributed by atoms with van der Waals surface area (Å²) in [5.41, 5.74) is 2.52. The van der Waals surface area contributed by atoms with Crippen molar-refractivity contribution in [3.05, 3.63) is 83.9 Å². The van der Waals surface area contributed by atoms with Crippen LogP contribution in [0, 0.1) is 0 Å². The van der Waals surface area contributed by atoms with Crippen LogP contribution in [0.5, 0.6) is 0 Å². The third-order valence-electron chi connectivity index (χ3n) is 5.31. The van der Waals surface area contributed by atoms with Crippen LogP contribution in [0.2, 0.25) is 0 Å². The molecule has 3 aromatic rings. The van der Waals surface area contributed by atoms with Crippen LogP contribution in [0.1, 0.15) is 36.2 Å². The highest BCUT2D eigenvalue weighted by Crippen LogP contribution is 2.24. The fraction of sp³-hybridized carbons (Fsp3) is 0.400. The first-order valence-corrected chi connectivity index (χ1v) is 11.3. The maximum Gasteiger partial charge on any atom is 0.191 e. The predicted octanol–water partition coefficient (Wildman–Crippen LogP) is 3.86. The number of nitrogens with one attached hydrogen (secondary N) is 2. The summed E-state index contributed by atoms with van der Waals surface area (Å²) >= 11 is 0. The minimum absolute atomic E-state index is 0. The Hall–Kier alpha value is -2.46. The molecule has 0 aliphatic carbocycles. The summed E-state index contributed by atoms with van der Waals surface area (Å²) in [5, 5.41) is 15.1. The Morgan fingerprint density at radius 1 is 1.00 bits per heavy atom. The van der Waals surface area contributed by atoms with Crippen LogP contribution in [0.4, 0.5) is 0 Å². The molecule has 8 heteroatoms. The topological polar surface area (TPSA) is 76.4 Å². The quantitative estimate of drug-likeness (QED) is 0.152. The smallest absolute Gasteiger partial charge is 0.191 e. The number of ether oxygens (including phenoxy) is 1. The molecule has 2 aromatic carbocycles. The Balaban J connectivity index is 0.00000385. The average Bonchev–Trinajstić information content (AvgIpc) is 3.30. The lowest BCUT2D eigenvalue weighted by molar-refractivity contribution is 0.195. The van der Waals surface area contributed by atoms with Crippen LogP contribution >= 0.6 is 24.0 Å². The van der Waals surface area contributed by atoms with E-state index in [1.54, 1.807) is 13.4 Å². The normalized spacial score (nSPS) is 11.3. The van der Waals surface area contributed by atoms with Crippen molar-refractivity contribution in [2.75, 3.05) is 33.4 Å². The summed E-state index contributed by atoms with van der Waals surface area (Å²) in [5.74, 6) is 2.00. The monoisotopic (exact) mass is 562 g/mol. The summed E-state index contributed by atoms with van der Waals surface area (Å²) in [6.45, 7) is 5.79. The van der Waals surface area contributed by atoms with Crippen LogP contribution in [-0.4, -0.2) is 54.1 Å². The summed E-state index contributed by atoms with van der Waals surface area (Å²) in [6, 6.07) is 21.1. The van der Waals surface area contributed by atoms with Gasteiger partial charge in [0.2, 0.25) is 0 Å². The Kier molecular flexibility index (Phi) is 12.5. The number of hydrogen-bond acceptors (Lipinski definition) is 4. The maximum atomic E-state index is 5.18. The molecule has 0 fully saturated rings. The number of guanidine groups is 1. The molecular weight excluding hydrogens is 527 g/mol. The number of aromatic nitrogens is 3. The van der Waals surface area contributed by atoms with Crippen molar-refractivity contribution >= 4 is 29.9 Å². The Labute approximate surface area is 214 Å². The first kappa shape index (κ1) is 26.8. The molecule has 0 saturated carbocycles. The van der Waals surface area contributed by atoms with Crippen LogP contribution in [0.3, 0.4) is 0 Å². The van der Waals surface area contributed by atoms with Gasteiger partial charge in [0.1, 0.15) is 12.2 Å². The molecule has 0 unspecified atom stereocenters. The first-order valence-electron chi connectivity index (χ1n) is 11.3. The molecule has 0 spiro atoms.